The van der Waals surface area contributed by atoms with Crippen LogP contribution in [0.25, 0.3) is 11.3 Å². The summed E-state index contributed by atoms with van der Waals surface area (Å²) in [5.74, 6) is -0.184. The number of esters is 1. The minimum Gasteiger partial charge on any atom is -0.461 e. The number of halogens is 2. The molecule has 1 heterocycles. The highest BCUT2D eigenvalue weighted by Gasteiger charge is 2.42. The first-order chi connectivity index (χ1) is 10.1. The topological polar surface area (TPSA) is 55.0 Å². The number of alkyl halides is 1. The van der Waals surface area contributed by atoms with Crippen LogP contribution in [0.2, 0.25) is 0 Å². The number of carbonyl (C=O) groups excluding carboxylic acids is 1. The predicted octanol–water partition coefficient (Wildman–Crippen LogP) is 3.84. The van der Waals surface area contributed by atoms with Crippen molar-refractivity contribution in [2.24, 2.45) is 0 Å². The molecule has 1 fully saturated rings. The van der Waals surface area contributed by atoms with Crippen molar-refractivity contribution in [1.29, 1.82) is 0 Å². The first-order valence-electron chi connectivity index (χ1n) is 6.77. The van der Waals surface area contributed by atoms with Crippen LogP contribution in [-0.4, -0.2) is 28.7 Å². The van der Waals surface area contributed by atoms with Gasteiger partial charge in [-0.25, -0.2) is 14.2 Å². The first-order valence-corrected chi connectivity index (χ1v) is 7.56. The van der Waals surface area contributed by atoms with E-state index in [1.807, 2.05) is 24.3 Å². The second-order valence-electron chi connectivity index (χ2n) is 4.93. The number of ether oxygens (including phenoxy) is 1. The summed E-state index contributed by atoms with van der Waals surface area (Å²) in [6.07, 6.45) is -0.417. The van der Waals surface area contributed by atoms with E-state index in [4.69, 9.17) is 4.74 Å². The van der Waals surface area contributed by atoms with Gasteiger partial charge in [-0.2, -0.15) is 0 Å². The lowest BCUT2D eigenvalue weighted by Gasteiger charge is -2.02. The standard InChI is InChI=1S/C15H14BrFN2O2/c1-2-21-15(20)13-12(8-3-5-9(16)6-4-8)18-14(19-13)10-7-11(10)17/h3-6,10-11H,2,7H2,1H3,(H,18,19). The number of H-pyrrole nitrogens is 1. The Morgan fingerprint density at radius 3 is 2.71 bits per heavy atom. The number of hydrogen-bond donors (Lipinski definition) is 1. The zero-order valence-electron chi connectivity index (χ0n) is 11.4. The molecule has 3 rings (SSSR count). The van der Waals surface area contributed by atoms with Crippen molar-refractivity contribution < 1.29 is 13.9 Å². The van der Waals surface area contributed by atoms with Gasteiger partial charge in [0.15, 0.2) is 5.69 Å². The number of rotatable bonds is 4. The van der Waals surface area contributed by atoms with Gasteiger partial charge in [0.05, 0.1) is 12.5 Å². The summed E-state index contributed by atoms with van der Waals surface area (Å²) in [5, 5.41) is 0. The van der Waals surface area contributed by atoms with Crippen LogP contribution in [0, 0.1) is 0 Å². The van der Waals surface area contributed by atoms with Gasteiger partial charge in [-0.15, -0.1) is 0 Å². The fraction of sp³-hybridized carbons (Fsp3) is 0.333. The molecule has 1 N–H and O–H groups in total. The fourth-order valence-electron chi connectivity index (χ4n) is 2.18. The van der Waals surface area contributed by atoms with Gasteiger partial charge in [0.25, 0.3) is 0 Å². The van der Waals surface area contributed by atoms with Crippen molar-refractivity contribution in [3.8, 4) is 11.3 Å². The Hall–Kier alpha value is -1.69. The van der Waals surface area contributed by atoms with E-state index in [-0.39, 0.29) is 18.2 Å². The Balaban J connectivity index is 2.02. The number of aromatic amines is 1. The molecule has 21 heavy (non-hydrogen) atoms. The van der Waals surface area contributed by atoms with Crippen molar-refractivity contribution in [1.82, 2.24) is 9.97 Å². The molecule has 2 aromatic rings. The van der Waals surface area contributed by atoms with Crippen LogP contribution in [0.4, 0.5) is 4.39 Å². The number of nitrogens with zero attached hydrogens (tertiary/aromatic N) is 1. The molecule has 1 aromatic heterocycles. The smallest absolute Gasteiger partial charge is 0.357 e. The Labute approximate surface area is 129 Å². The van der Waals surface area contributed by atoms with Gasteiger partial charge in [-0.1, -0.05) is 28.1 Å². The third-order valence-electron chi connectivity index (χ3n) is 3.38. The molecule has 110 valence electrons. The number of imidazole rings is 1. The molecule has 0 spiro atoms. The molecule has 1 aliphatic rings. The summed E-state index contributed by atoms with van der Waals surface area (Å²) in [6.45, 7) is 2.02. The van der Waals surface area contributed by atoms with E-state index in [2.05, 4.69) is 25.9 Å². The maximum Gasteiger partial charge on any atom is 0.357 e. The summed E-state index contributed by atoms with van der Waals surface area (Å²) in [6, 6.07) is 7.45. The zero-order valence-corrected chi connectivity index (χ0v) is 13.0. The van der Waals surface area contributed by atoms with Crippen LogP contribution in [0.15, 0.2) is 28.7 Å². The minimum absolute atomic E-state index is 0.234. The highest BCUT2D eigenvalue weighted by Crippen LogP contribution is 2.43. The SMILES string of the molecule is CCOC(=O)c1[nH]c(C2CC2F)nc1-c1ccc(Br)cc1. The average Bonchev–Trinajstić information content (AvgIpc) is 3.02. The Bertz CT molecular complexity index is 669. The molecule has 0 aliphatic heterocycles. The molecule has 6 heteroatoms. The van der Waals surface area contributed by atoms with Crippen LogP contribution < -0.4 is 0 Å². The van der Waals surface area contributed by atoms with Crippen LogP contribution >= 0.6 is 15.9 Å². The number of benzene rings is 1. The van der Waals surface area contributed by atoms with Crippen molar-refractivity contribution in [2.45, 2.75) is 25.4 Å². The largest absolute Gasteiger partial charge is 0.461 e. The molecule has 2 unspecified atom stereocenters. The molecule has 1 aromatic carbocycles. The van der Waals surface area contributed by atoms with Crippen LogP contribution in [-0.2, 0) is 4.74 Å². The zero-order chi connectivity index (χ0) is 15.0. The molecule has 1 aliphatic carbocycles. The predicted molar refractivity (Wildman–Crippen MR) is 79.9 cm³/mol. The van der Waals surface area contributed by atoms with Gasteiger partial charge in [0, 0.05) is 10.0 Å². The molecule has 0 radical (unpaired) electrons. The van der Waals surface area contributed by atoms with Gasteiger partial charge in [0.2, 0.25) is 0 Å². The van der Waals surface area contributed by atoms with E-state index in [1.54, 1.807) is 6.92 Å². The van der Waals surface area contributed by atoms with Gasteiger partial charge >= 0.3 is 5.97 Å². The van der Waals surface area contributed by atoms with Crippen molar-refractivity contribution in [2.75, 3.05) is 6.61 Å². The lowest BCUT2D eigenvalue weighted by Crippen LogP contribution is -2.06. The third kappa shape index (κ3) is 2.85. The first kappa shape index (κ1) is 14.3. The van der Waals surface area contributed by atoms with E-state index < -0.39 is 12.1 Å². The van der Waals surface area contributed by atoms with E-state index in [1.165, 1.54) is 0 Å². The third-order valence-corrected chi connectivity index (χ3v) is 3.91. The van der Waals surface area contributed by atoms with Crippen molar-refractivity contribution in [3.05, 3.63) is 40.3 Å². The minimum atomic E-state index is -0.871. The summed E-state index contributed by atoms with van der Waals surface area (Å²) >= 11 is 3.37. The molecular weight excluding hydrogens is 339 g/mol. The fourth-order valence-corrected chi connectivity index (χ4v) is 2.45. The van der Waals surface area contributed by atoms with Crippen molar-refractivity contribution in [3.63, 3.8) is 0 Å². The number of hydrogen-bond acceptors (Lipinski definition) is 3. The quantitative estimate of drug-likeness (QED) is 0.850. The lowest BCUT2D eigenvalue weighted by molar-refractivity contribution is 0.0521. The Morgan fingerprint density at radius 1 is 1.48 bits per heavy atom. The summed E-state index contributed by atoms with van der Waals surface area (Å²) in [4.78, 5) is 19.4. The van der Waals surface area contributed by atoms with Crippen molar-refractivity contribution >= 4 is 21.9 Å². The van der Waals surface area contributed by atoms with Gasteiger partial charge in [-0.05, 0) is 25.5 Å². The second kappa shape index (κ2) is 5.60. The normalized spacial score (nSPS) is 20.3. The van der Waals surface area contributed by atoms with Gasteiger partial charge in [-0.3, -0.25) is 0 Å². The van der Waals surface area contributed by atoms with Gasteiger partial charge < -0.3 is 9.72 Å². The summed E-state index contributed by atoms with van der Waals surface area (Å²) in [7, 11) is 0. The second-order valence-corrected chi connectivity index (χ2v) is 5.85. The van der Waals surface area contributed by atoms with Crippen LogP contribution in [0.1, 0.15) is 35.6 Å². The lowest BCUT2D eigenvalue weighted by atomic mass is 10.1. The maximum atomic E-state index is 13.2. The van der Waals surface area contributed by atoms with Crippen LogP contribution in [0.5, 0.6) is 0 Å². The number of carbonyl (C=O) groups is 1. The Kier molecular flexibility index (Phi) is 3.80. The highest BCUT2D eigenvalue weighted by atomic mass is 79.9. The Morgan fingerprint density at radius 2 is 2.14 bits per heavy atom. The van der Waals surface area contributed by atoms with E-state index in [0.29, 0.717) is 17.9 Å². The van der Waals surface area contributed by atoms with Gasteiger partial charge in [0.1, 0.15) is 17.7 Å². The van der Waals surface area contributed by atoms with E-state index in [9.17, 15) is 9.18 Å². The number of aromatic nitrogens is 2. The molecular formula is C15H14BrFN2O2. The molecule has 0 bridgehead atoms. The maximum absolute atomic E-state index is 13.2. The average molecular weight is 353 g/mol. The molecule has 0 amide bonds. The highest BCUT2D eigenvalue weighted by molar-refractivity contribution is 9.10. The monoisotopic (exact) mass is 352 g/mol. The molecule has 0 saturated heterocycles. The van der Waals surface area contributed by atoms with Crippen LogP contribution in [0.3, 0.4) is 0 Å². The van der Waals surface area contributed by atoms with E-state index in [0.717, 1.165) is 10.0 Å². The molecule has 4 nitrogen and oxygen atoms in total. The number of nitrogens with one attached hydrogen (secondary N) is 1. The van der Waals surface area contributed by atoms with E-state index >= 15 is 0 Å². The molecule has 1 saturated carbocycles. The summed E-state index contributed by atoms with van der Waals surface area (Å²) < 4.78 is 19.2. The summed E-state index contributed by atoms with van der Waals surface area (Å²) in [5.41, 5.74) is 1.59. The molecule has 2 atom stereocenters.